The molecule has 141 valence electrons. The zero-order chi connectivity index (χ0) is 18.1. The molecule has 1 aromatic heterocycles. The number of nitrogens with one attached hydrogen (secondary N) is 1. The molecule has 2 saturated heterocycles. The van der Waals surface area contributed by atoms with Crippen LogP contribution in [-0.2, 0) is 9.47 Å². The van der Waals surface area contributed by atoms with Crippen LogP contribution in [0.3, 0.4) is 0 Å². The summed E-state index contributed by atoms with van der Waals surface area (Å²) in [6.07, 6.45) is 2.16. The number of ether oxygens (including phenoxy) is 2. The molecule has 1 radical (unpaired) electrons. The van der Waals surface area contributed by atoms with E-state index in [1.807, 2.05) is 18.7 Å². The van der Waals surface area contributed by atoms with Crippen LogP contribution < -0.4 is 10.2 Å². The maximum absolute atomic E-state index is 15.0. The van der Waals surface area contributed by atoms with Crippen LogP contribution in [0.4, 0.5) is 15.9 Å². The number of hydrogen-bond acceptors (Lipinski definition) is 6. The van der Waals surface area contributed by atoms with Crippen molar-refractivity contribution in [2.24, 2.45) is 5.92 Å². The lowest BCUT2D eigenvalue weighted by atomic mass is 10.0. The fourth-order valence-electron chi connectivity index (χ4n) is 3.81. The lowest BCUT2D eigenvalue weighted by molar-refractivity contribution is -0.00540. The second-order valence-corrected chi connectivity index (χ2v) is 7.32. The van der Waals surface area contributed by atoms with Gasteiger partial charge in [-0.25, -0.2) is 4.39 Å². The van der Waals surface area contributed by atoms with Crippen molar-refractivity contribution in [3.63, 3.8) is 0 Å². The van der Waals surface area contributed by atoms with Gasteiger partial charge in [0.15, 0.2) is 11.6 Å². The minimum Gasteiger partial charge on any atom is -0.381 e. The second kappa shape index (κ2) is 7.40. The Morgan fingerprint density at radius 2 is 2.00 bits per heavy atom. The van der Waals surface area contributed by atoms with Crippen molar-refractivity contribution in [2.45, 2.75) is 38.9 Å². The molecular weight excluding hydrogens is 337 g/mol. The number of benzene rings is 1. The largest absolute Gasteiger partial charge is 0.381 e. The molecule has 2 atom stereocenters. The van der Waals surface area contributed by atoms with Crippen LogP contribution in [0.5, 0.6) is 0 Å². The van der Waals surface area contributed by atoms with Gasteiger partial charge in [-0.1, -0.05) is 5.16 Å². The van der Waals surface area contributed by atoms with E-state index in [2.05, 4.69) is 16.5 Å². The van der Waals surface area contributed by atoms with Gasteiger partial charge in [0.2, 0.25) is 5.58 Å². The summed E-state index contributed by atoms with van der Waals surface area (Å²) in [5.74, 6) is 0.715. The van der Waals surface area contributed by atoms with E-state index in [0.717, 1.165) is 32.6 Å². The van der Waals surface area contributed by atoms with Crippen molar-refractivity contribution in [3.05, 3.63) is 17.9 Å². The highest BCUT2D eigenvalue weighted by Gasteiger charge is 2.27. The lowest BCUT2D eigenvalue weighted by Crippen LogP contribution is -2.45. The number of morpholine rings is 1. The summed E-state index contributed by atoms with van der Waals surface area (Å²) in [7, 11) is 0. The molecule has 26 heavy (non-hydrogen) atoms. The Bertz CT molecular complexity index is 750. The average Bonchev–Trinajstić information content (AvgIpc) is 3.04. The predicted molar refractivity (Wildman–Crippen MR) is 97.1 cm³/mol. The van der Waals surface area contributed by atoms with Crippen molar-refractivity contribution in [3.8, 4) is 0 Å². The van der Waals surface area contributed by atoms with E-state index in [4.69, 9.17) is 14.0 Å². The van der Waals surface area contributed by atoms with Crippen LogP contribution in [0.25, 0.3) is 11.0 Å². The molecule has 2 aromatic rings. The zero-order valence-corrected chi connectivity index (χ0v) is 15.3. The molecule has 0 aliphatic carbocycles. The van der Waals surface area contributed by atoms with E-state index in [1.54, 1.807) is 6.07 Å². The number of fused-ring (bicyclic) bond motifs is 1. The Morgan fingerprint density at radius 1 is 1.27 bits per heavy atom. The highest BCUT2D eigenvalue weighted by molar-refractivity contribution is 5.90. The molecule has 0 saturated carbocycles. The first-order valence-corrected chi connectivity index (χ1v) is 9.33. The van der Waals surface area contributed by atoms with Gasteiger partial charge in [0.1, 0.15) is 0 Å². The quantitative estimate of drug-likeness (QED) is 0.901. The molecule has 6 nitrogen and oxygen atoms in total. The van der Waals surface area contributed by atoms with Gasteiger partial charge in [0.25, 0.3) is 0 Å². The van der Waals surface area contributed by atoms with E-state index in [1.165, 1.54) is 0 Å². The van der Waals surface area contributed by atoms with E-state index in [9.17, 15) is 0 Å². The first kappa shape index (κ1) is 17.5. The van der Waals surface area contributed by atoms with Gasteiger partial charge in [-0.15, -0.1) is 0 Å². The fraction of sp³-hybridized carbons (Fsp3) is 0.632. The molecule has 1 aromatic carbocycles. The molecule has 2 aliphatic rings. The maximum atomic E-state index is 15.0. The fourth-order valence-corrected chi connectivity index (χ4v) is 3.81. The third-order valence-corrected chi connectivity index (χ3v) is 5.12. The first-order chi connectivity index (χ1) is 12.6. The van der Waals surface area contributed by atoms with Crippen LogP contribution in [0.1, 0.15) is 26.7 Å². The van der Waals surface area contributed by atoms with E-state index < -0.39 is 5.82 Å². The third kappa shape index (κ3) is 3.50. The van der Waals surface area contributed by atoms with Crippen molar-refractivity contribution in [1.29, 1.82) is 0 Å². The molecule has 0 amide bonds. The molecular formula is C19H25FN3O3. The smallest absolute Gasteiger partial charge is 0.206 e. The topological polar surface area (TPSA) is 59.8 Å². The third-order valence-electron chi connectivity index (χ3n) is 5.12. The van der Waals surface area contributed by atoms with Gasteiger partial charge < -0.3 is 24.2 Å². The van der Waals surface area contributed by atoms with Crippen molar-refractivity contribution < 1.29 is 18.4 Å². The average molecular weight is 362 g/mol. The number of aromatic nitrogens is 1. The van der Waals surface area contributed by atoms with Crippen molar-refractivity contribution in [2.75, 3.05) is 43.1 Å². The Hall–Kier alpha value is -1.86. The van der Waals surface area contributed by atoms with E-state index in [0.29, 0.717) is 35.9 Å². The summed E-state index contributed by atoms with van der Waals surface area (Å²) >= 11 is 0. The van der Waals surface area contributed by atoms with Crippen molar-refractivity contribution >= 4 is 22.5 Å². The summed E-state index contributed by atoms with van der Waals surface area (Å²) in [6.45, 7) is 7.63. The maximum Gasteiger partial charge on any atom is 0.206 e. The number of nitrogens with zero attached hydrogens (tertiary/aromatic N) is 2. The van der Waals surface area contributed by atoms with Crippen LogP contribution in [0, 0.1) is 17.8 Å². The van der Waals surface area contributed by atoms with Gasteiger partial charge in [0, 0.05) is 38.9 Å². The molecule has 0 unspecified atom stereocenters. The monoisotopic (exact) mass is 362 g/mol. The van der Waals surface area contributed by atoms with Gasteiger partial charge in [-0.3, -0.25) is 0 Å². The standard InChI is InChI=1S/C19H25FN3O3/c1-12-10-23(11-13(2)25-12)16-4-3-15-18(17(16)20)26-22-19(15)21-9-14-5-7-24-8-6-14/h3,12-14H,5-11H2,1-2H3,(H,21,22)/t12-,13+. The predicted octanol–water partition coefficient (Wildman–Crippen LogP) is 3.22. The highest BCUT2D eigenvalue weighted by atomic mass is 19.1. The van der Waals surface area contributed by atoms with Gasteiger partial charge >= 0.3 is 0 Å². The Balaban J connectivity index is 1.53. The first-order valence-electron chi connectivity index (χ1n) is 9.33. The number of hydrogen-bond donors (Lipinski definition) is 1. The van der Waals surface area contributed by atoms with Gasteiger partial charge in [0.05, 0.1) is 23.3 Å². The molecule has 4 rings (SSSR count). The molecule has 3 heterocycles. The summed E-state index contributed by atoms with van der Waals surface area (Å²) in [4.78, 5) is 1.96. The SMILES string of the molecule is C[C@@H]1CN(c2[c]cc3c(NCC4CCOCC4)noc3c2F)C[C@H](C)O1. The van der Waals surface area contributed by atoms with Crippen LogP contribution >= 0.6 is 0 Å². The second-order valence-electron chi connectivity index (χ2n) is 7.32. The number of halogens is 1. The molecule has 2 fully saturated rings. The van der Waals surface area contributed by atoms with E-state index in [-0.39, 0.29) is 17.8 Å². The normalized spacial score (nSPS) is 25.0. The molecule has 2 aliphatic heterocycles. The Kier molecular flexibility index (Phi) is 5.00. The Morgan fingerprint density at radius 3 is 2.73 bits per heavy atom. The van der Waals surface area contributed by atoms with Crippen LogP contribution in [-0.4, -0.2) is 50.2 Å². The summed E-state index contributed by atoms with van der Waals surface area (Å²) in [5.41, 5.74) is 0.603. The Labute approximate surface area is 152 Å². The van der Waals surface area contributed by atoms with Gasteiger partial charge in [-0.2, -0.15) is 0 Å². The summed E-state index contributed by atoms with van der Waals surface area (Å²) < 4.78 is 31.4. The van der Waals surface area contributed by atoms with Crippen molar-refractivity contribution in [1.82, 2.24) is 5.16 Å². The zero-order valence-electron chi connectivity index (χ0n) is 15.3. The lowest BCUT2D eigenvalue weighted by Gasteiger charge is -2.36. The summed E-state index contributed by atoms with van der Waals surface area (Å²) in [6, 6.07) is 4.86. The van der Waals surface area contributed by atoms with Gasteiger partial charge in [-0.05, 0) is 38.7 Å². The highest BCUT2D eigenvalue weighted by Crippen LogP contribution is 2.32. The van der Waals surface area contributed by atoms with Crippen LogP contribution in [0.2, 0.25) is 0 Å². The van der Waals surface area contributed by atoms with E-state index >= 15 is 4.39 Å². The van der Waals surface area contributed by atoms with Crippen LogP contribution in [0.15, 0.2) is 10.6 Å². The summed E-state index contributed by atoms with van der Waals surface area (Å²) in [5, 5.41) is 7.97. The minimum absolute atomic E-state index is 0.0497. The minimum atomic E-state index is -0.407. The number of rotatable bonds is 4. The molecule has 7 heteroatoms. The number of anilines is 2. The molecule has 0 bridgehead atoms. The molecule has 1 N–H and O–H groups in total. The molecule has 0 spiro atoms.